The molecule has 0 amide bonds. The van der Waals surface area contributed by atoms with E-state index in [1.165, 1.54) is 16.5 Å². The van der Waals surface area contributed by atoms with Crippen LogP contribution in [-0.4, -0.2) is 59.6 Å². The van der Waals surface area contributed by atoms with E-state index >= 15 is 0 Å². The molecule has 2 fully saturated rings. The zero-order chi connectivity index (χ0) is 21.7. The Hall–Kier alpha value is -2.64. The first kappa shape index (κ1) is 20.0. The lowest BCUT2D eigenvalue weighted by molar-refractivity contribution is 0.138. The molecule has 168 valence electrons. The minimum absolute atomic E-state index is 0.0350. The molecular weight excluding hydrogens is 405 g/mol. The smallest absolute Gasteiger partial charge is 0.126 e. The number of hydrogen-bond acceptors (Lipinski definition) is 5. The Morgan fingerprint density at radius 3 is 2.81 bits per heavy atom. The number of rotatable bonds is 7. The molecule has 0 spiro atoms. The number of benzene rings is 2. The van der Waals surface area contributed by atoms with Crippen LogP contribution in [-0.2, 0) is 6.42 Å². The van der Waals surface area contributed by atoms with E-state index in [-0.39, 0.29) is 6.04 Å². The van der Waals surface area contributed by atoms with Crippen molar-refractivity contribution in [1.29, 1.82) is 0 Å². The van der Waals surface area contributed by atoms with E-state index in [1.807, 2.05) is 13.1 Å². The monoisotopic (exact) mass is 435 g/mol. The van der Waals surface area contributed by atoms with Gasteiger partial charge < -0.3 is 15.4 Å². The van der Waals surface area contributed by atoms with Crippen molar-refractivity contribution in [2.75, 3.05) is 38.1 Å². The first-order valence-electron chi connectivity index (χ1n) is 11.8. The number of nitrogens with one attached hydrogen (secondary N) is 3. The predicted octanol–water partition coefficient (Wildman–Crippen LogP) is 3.79. The third-order valence-corrected chi connectivity index (χ3v) is 7.12. The number of halogens is 1. The number of fused-ring (bicyclic) bond motifs is 3. The van der Waals surface area contributed by atoms with Crippen molar-refractivity contribution in [3.8, 4) is 5.75 Å². The van der Waals surface area contributed by atoms with Gasteiger partial charge in [0.2, 0.25) is 0 Å². The number of ether oxygens (including phenoxy) is 1. The van der Waals surface area contributed by atoms with E-state index in [2.05, 4.69) is 56.1 Å². The highest BCUT2D eigenvalue weighted by molar-refractivity contribution is 5.83. The van der Waals surface area contributed by atoms with Gasteiger partial charge in [-0.15, -0.1) is 0 Å². The summed E-state index contributed by atoms with van der Waals surface area (Å²) in [4.78, 5) is 2.32. The highest BCUT2D eigenvalue weighted by Gasteiger charge is 2.47. The number of aromatic amines is 1. The Morgan fingerprint density at radius 1 is 1.22 bits per heavy atom. The van der Waals surface area contributed by atoms with Crippen LogP contribution >= 0.6 is 0 Å². The van der Waals surface area contributed by atoms with Crippen LogP contribution in [0.25, 0.3) is 10.9 Å². The number of H-pyrrole nitrogens is 1. The van der Waals surface area contributed by atoms with E-state index in [9.17, 15) is 4.39 Å². The lowest BCUT2D eigenvalue weighted by Crippen LogP contribution is -2.51. The second kappa shape index (κ2) is 7.74. The van der Waals surface area contributed by atoms with Crippen LogP contribution in [0.1, 0.15) is 42.5 Å². The topological polar surface area (TPSA) is 65.2 Å². The molecule has 1 aliphatic carbocycles. The van der Waals surface area contributed by atoms with Gasteiger partial charge in [0, 0.05) is 48.9 Å². The summed E-state index contributed by atoms with van der Waals surface area (Å²) >= 11 is 0. The first-order valence-corrected chi connectivity index (χ1v) is 11.8. The summed E-state index contributed by atoms with van der Waals surface area (Å²) in [7, 11) is 0. The van der Waals surface area contributed by atoms with Gasteiger partial charge >= 0.3 is 0 Å². The maximum Gasteiger partial charge on any atom is 0.126 e. The molecule has 3 aliphatic rings. The van der Waals surface area contributed by atoms with Gasteiger partial charge in [-0.1, -0.05) is 12.1 Å². The quantitative estimate of drug-likeness (QED) is 0.527. The van der Waals surface area contributed by atoms with Crippen LogP contribution in [0.5, 0.6) is 5.75 Å². The van der Waals surface area contributed by atoms with Gasteiger partial charge in [-0.05, 0) is 49.4 Å². The number of anilines is 1. The third-order valence-electron chi connectivity index (χ3n) is 7.12. The minimum Gasteiger partial charge on any atom is -0.493 e. The Balaban J connectivity index is 1.44. The van der Waals surface area contributed by atoms with Gasteiger partial charge in [-0.2, -0.15) is 5.10 Å². The fourth-order valence-corrected chi connectivity index (χ4v) is 5.16. The molecule has 1 atom stereocenters. The van der Waals surface area contributed by atoms with E-state index < -0.39 is 5.67 Å². The highest BCUT2D eigenvalue weighted by atomic mass is 19.1. The second-order valence-corrected chi connectivity index (χ2v) is 9.42. The van der Waals surface area contributed by atoms with Crippen LogP contribution in [0.3, 0.4) is 0 Å². The summed E-state index contributed by atoms with van der Waals surface area (Å²) in [5, 5.41) is 15.4. The van der Waals surface area contributed by atoms with Gasteiger partial charge in [0.05, 0.1) is 30.4 Å². The van der Waals surface area contributed by atoms with Crippen molar-refractivity contribution in [2.45, 2.75) is 43.9 Å². The van der Waals surface area contributed by atoms with Crippen LogP contribution in [0.15, 0.2) is 36.5 Å². The Kier molecular flexibility index (Phi) is 4.84. The Labute approximate surface area is 187 Å². The fraction of sp³-hybridized carbons (Fsp3) is 0.480. The fourth-order valence-electron chi connectivity index (χ4n) is 5.16. The van der Waals surface area contributed by atoms with Crippen molar-refractivity contribution in [3.05, 3.63) is 53.2 Å². The molecule has 1 saturated heterocycles. The largest absolute Gasteiger partial charge is 0.493 e. The average Bonchev–Trinajstić information content (AvgIpc) is 3.29. The lowest BCUT2D eigenvalue weighted by atomic mass is 9.85. The third kappa shape index (κ3) is 3.53. The van der Waals surface area contributed by atoms with Gasteiger partial charge in [0.25, 0.3) is 0 Å². The summed E-state index contributed by atoms with van der Waals surface area (Å²) in [6.45, 7) is 5.87. The van der Waals surface area contributed by atoms with Gasteiger partial charge in [0.15, 0.2) is 0 Å². The molecule has 1 aromatic heterocycles. The van der Waals surface area contributed by atoms with Crippen molar-refractivity contribution >= 4 is 16.6 Å². The van der Waals surface area contributed by atoms with Crippen LogP contribution < -0.4 is 15.4 Å². The number of hydrogen-bond donors (Lipinski definition) is 3. The van der Waals surface area contributed by atoms with Crippen LogP contribution in [0.2, 0.25) is 0 Å². The summed E-state index contributed by atoms with van der Waals surface area (Å²) in [6.07, 6.45) is 4.15. The number of aromatic nitrogens is 2. The van der Waals surface area contributed by atoms with E-state index in [4.69, 9.17) is 4.74 Å². The molecule has 6 rings (SSSR count). The zero-order valence-electron chi connectivity index (χ0n) is 18.5. The molecule has 2 aliphatic heterocycles. The molecular formula is C25H30FN5O. The summed E-state index contributed by atoms with van der Waals surface area (Å²) in [5.74, 6) is 0.878. The van der Waals surface area contributed by atoms with Gasteiger partial charge in [0.1, 0.15) is 11.4 Å². The lowest BCUT2D eigenvalue weighted by Gasteiger charge is -2.39. The van der Waals surface area contributed by atoms with Crippen molar-refractivity contribution < 1.29 is 9.13 Å². The molecule has 1 unspecified atom stereocenters. The summed E-state index contributed by atoms with van der Waals surface area (Å²) in [6, 6.07) is 11.1. The minimum atomic E-state index is -1.04. The SMILES string of the molecule is CCOc1cc(NC2CNC2)ccc1C1c2ccc3[nH]ncc3c2CCN1CC1(F)CC1. The molecule has 3 heterocycles. The molecule has 6 nitrogen and oxygen atoms in total. The molecule has 3 N–H and O–H groups in total. The van der Waals surface area contributed by atoms with E-state index in [0.717, 1.165) is 48.6 Å². The van der Waals surface area contributed by atoms with Crippen LogP contribution in [0.4, 0.5) is 10.1 Å². The standard InChI is InChI=1S/C25H30FN5O/c1-2-32-23-11-16(29-17-12-27-13-17)3-4-20(23)24-19-5-6-22-21(14-28-30-22)18(19)7-10-31(24)15-25(26)8-9-25/h3-6,11,14,17,24,27,29H,2,7-10,12-13,15H2,1H3,(H,28,30). The Morgan fingerprint density at radius 2 is 2.06 bits per heavy atom. The Bertz CT molecular complexity index is 1140. The second-order valence-electron chi connectivity index (χ2n) is 9.42. The normalized spacial score (nSPS) is 22.4. The first-order chi connectivity index (χ1) is 15.6. The molecule has 0 bridgehead atoms. The van der Waals surface area contributed by atoms with Crippen molar-refractivity contribution in [3.63, 3.8) is 0 Å². The molecule has 1 saturated carbocycles. The van der Waals surface area contributed by atoms with Gasteiger partial charge in [-0.3, -0.25) is 10.00 Å². The van der Waals surface area contributed by atoms with Crippen molar-refractivity contribution in [2.24, 2.45) is 0 Å². The molecule has 32 heavy (non-hydrogen) atoms. The molecule has 3 aromatic rings. The molecule has 0 radical (unpaired) electrons. The maximum atomic E-state index is 15.0. The predicted molar refractivity (Wildman–Crippen MR) is 124 cm³/mol. The summed E-state index contributed by atoms with van der Waals surface area (Å²) < 4.78 is 21.1. The van der Waals surface area contributed by atoms with Gasteiger partial charge in [-0.25, -0.2) is 4.39 Å². The zero-order valence-corrected chi connectivity index (χ0v) is 18.5. The number of nitrogens with zero attached hydrogens (tertiary/aromatic N) is 2. The number of alkyl halides is 1. The van der Waals surface area contributed by atoms with E-state index in [0.29, 0.717) is 32.0 Å². The van der Waals surface area contributed by atoms with Crippen molar-refractivity contribution in [1.82, 2.24) is 20.4 Å². The summed E-state index contributed by atoms with van der Waals surface area (Å²) in [5.41, 5.74) is 4.74. The average molecular weight is 436 g/mol. The molecule has 2 aromatic carbocycles. The maximum absolute atomic E-state index is 15.0. The highest BCUT2D eigenvalue weighted by Crippen LogP contribution is 2.47. The van der Waals surface area contributed by atoms with Crippen LogP contribution in [0, 0.1) is 0 Å². The molecule has 7 heteroatoms. The van der Waals surface area contributed by atoms with E-state index in [1.54, 1.807) is 0 Å².